The smallest absolute Gasteiger partial charge is 0.407 e. The SMILES string of the molecule is CN(NNN)N1CCC(O)(Cn2cnc3c(-c4ccc(CNC(=O)OC(C)(C)C)cc4)n(C)nc3c2=O)CC1. The summed E-state index contributed by atoms with van der Waals surface area (Å²) in [4.78, 5) is 29.8. The second-order valence-corrected chi connectivity index (χ2v) is 10.9. The molecule has 1 aliphatic rings. The lowest BCUT2D eigenvalue weighted by molar-refractivity contribution is -0.123. The van der Waals surface area contributed by atoms with Gasteiger partial charge in [0.15, 0.2) is 5.52 Å². The average molecular weight is 543 g/mol. The van der Waals surface area contributed by atoms with E-state index < -0.39 is 17.3 Å². The predicted molar refractivity (Wildman–Crippen MR) is 145 cm³/mol. The zero-order valence-corrected chi connectivity index (χ0v) is 23.1. The number of carbonyl (C=O) groups is 1. The number of aryl methyl sites for hydroxylation is 1. The highest BCUT2D eigenvalue weighted by molar-refractivity contribution is 5.89. The number of hydrogen-bond acceptors (Lipinski definition) is 11. The molecule has 2 aromatic heterocycles. The van der Waals surface area contributed by atoms with Gasteiger partial charge in [0.2, 0.25) is 0 Å². The number of nitrogens with one attached hydrogen (secondary N) is 3. The standard InChI is InChI=1S/C25H38N10O4/c1-24(2,3)39-23(37)27-14-17-6-8-18(9-7-17)21-19-20(29-32(21)4)22(36)34(16-28-19)15-25(38)10-12-35(13-11-25)33(5)31-30-26/h6-9,16,30-31,38H,10-15,26H2,1-5H3,(H,27,37). The average Bonchev–Trinajstić information content (AvgIpc) is 3.21. The molecule has 6 N–H and O–H groups in total. The minimum Gasteiger partial charge on any atom is -0.444 e. The summed E-state index contributed by atoms with van der Waals surface area (Å²) >= 11 is 0. The third-order valence-electron chi connectivity index (χ3n) is 6.66. The van der Waals surface area contributed by atoms with E-state index in [9.17, 15) is 14.7 Å². The molecule has 212 valence electrons. The van der Waals surface area contributed by atoms with Crippen molar-refractivity contribution in [1.82, 2.24) is 45.8 Å². The van der Waals surface area contributed by atoms with Crippen LogP contribution in [0.3, 0.4) is 0 Å². The molecule has 0 atom stereocenters. The lowest BCUT2D eigenvalue weighted by atomic mass is 9.92. The Hall–Kier alpha value is -3.40. The number of hydrogen-bond donors (Lipinski definition) is 5. The lowest BCUT2D eigenvalue weighted by Gasteiger charge is -2.41. The van der Waals surface area contributed by atoms with Crippen LogP contribution in [0.15, 0.2) is 35.4 Å². The Morgan fingerprint density at radius 3 is 2.49 bits per heavy atom. The number of benzene rings is 1. The number of nitrogens with two attached hydrogens (primary N) is 1. The molecule has 0 aliphatic carbocycles. The van der Waals surface area contributed by atoms with Crippen LogP contribution in [0.25, 0.3) is 22.3 Å². The van der Waals surface area contributed by atoms with Crippen molar-refractivity contribution in [2.75, 3.05) is 20.1 Å². The molecule has 14 nitrogen and oxygen atoms in total. The van der Waals surface area contributed by atoms with Gasteiger partial charge < -0.3 is 15.2 Å². The van der Waals surface area contributed by atoms with Gasteiger partial charge in [-0.05, 0) is 39.2 Å². The largest absolute Gasteiger partial charge is 0.444 e. The Kier molecular flexibility index (Phi) is 8.34. The Bertz CT molecular complexity index is 1350. The maximum Gasteiger partial charge on any atom is 0.407 e. The first-order valence-corrected chi connectivity index (χ1v) is 12.8. The lowest BCUT2D eigenvalue weighted by Crippen LogP contribution is -2.60. The van der Waals surface area contributed by atoms with Crippen LogP contribution in [0.4, 0.5) is 4.79 Å². The second kappa shape index (κ2) is 11.4. The molecule has 0 unspecified atom stereocenters. The third-order valence-corrected chi connectivity index (χ3v) is 6.66. The number of alkyl carbamates (subject to hydrolysis) is 1. The van der Waals surface area contributed by atoms with Gasteiger partial charge in [0, 0.05) is 39.3 Å². The van der Waals surface area contributed by atoms with Crippen LogP contribution >= 0.6 is 0 Å². The number of piperidine rings is 1. The number of hydrazine groups is 4. The molecule has 1 aliphatic heterocycles. The van der Waals surface area contributed by atoms with Gasteiger partial charge in [-0.25, -0.2) is 14.8 Å². The van der Waals surface area contributed by atoms with Gasteiger partial charge in [-0.3, -0.25) is 19.9 Å². The number of ether oxygens (including phenoxy) is 1. The van der Waals surface area contributed by atoms with Crippen LogP contribution in [0, 0.1) is 0 Å². The number of amides is 1. The highest BCUT2D eigenvalue weighted by Gasteiger charge is 2.34. The molecule has 4 rings (SSSR count). The molecular formula is C25H38N10O4. The van der Waals surface area contributed by atoms with Crippen LogP contribution in [0.2, 0.25) is 0 Å². The molecule has 3 aromatic rings. The van der Waals surface area contributed by atoms with Gasteiger partial charge in [0.05, 0.1) is 24.2 Å². The van der Waals surface area contributed by atoms with E-state index in [4.69, 9.17) is 10.6 Å². The Balaban J connectivity index is 1.48. The Labute approximate surface area is 226 Å². The van der Waals surface area contributed by atoms with Crippen LogP contribution in [0.5, 0.6) is 0 Å². The van der Waals surface area contributed by atoms with Gasteiger partial charge in [-0.15, -0.1) is 0 Å². The molecule has 39 heavy (non-hydrogen) atoms. The zero-order chi connectivity index (χ0) is 28.4. The predicted octanol–water partition coefficient (Wildman–Crippen LogP) is 0.378. The number of carbonyl (C=O) groups excluding carboxylic acids is 1. The molecule has 1 fully saturated rings. The van der Waals surface area contributed by atoms with E-state index in [1.54, 1.807) is 16.8 Å². The Morgan fingerprint density at radius 1 is 1.21 bits per heavy atom. The molecule has 1 amide bonds. The fourth-order valence-electron chi connectivity index (χ4n) is 4.65. The fourth-order valence-corrected chi connectivity index (χ4v) is 4.65. The summed E-state index contributed by atoms with van der Waals surface area (Å²) in [5.41, 5.74) is 6.40. The molecule has 14 heteroatoms. The molecule has 0 bridgehead atoms. The molecule has 0 spiro atoms. The Morgan fingerprint density at radius 2 is 1.87 bits per heavy atom. The summed E-state index contributed by atoms with van der Waals surface area (Å²) in [6, 6.07) is 7.59. The minimum atomic E-state index is -1.05. The van der Waals surface area contributed by atoms with Crippen LogP contribution < -0.4 is 27.8 Å². The molecule has 0 radical (unpaired) electrons. The summed E-state index contributed by atoms with van der Waals surface area (Å²) < 4.78 is 8.35. The zero-order valence-electron chi connectivity index (χ0n) is 23.1. The van der Waals surface area contributed by atoms with E-state index in [1.165, 1.54) is 10.9 Å². The number of aromatic nitrogens is 4. The monoisotopic (exact) mass is 542 g/mol. The first-order chi connectivity index (χ1) is 18.4. The van der Waals surface area contributed by atoms with E-state index >= 15 is 0 Å². The van der Waals surface area contributed by atoms with Crippen molar-refractivity contribution >= 4 is 17.1 Å². The topological polar surface area (TPSA) is 168 Å². The molecule has 1 saturated heterocycles. The molecule has 0 saturated carbocycles. The van der Waals surface area contributed by atoms with Gasteiger partial charge >= 0.3 is 6.09 Å². The van der Waals surface area contributed by atoms with Crippen molar-refractivity contribution in [3.05, 3.63) is 46.5 Å². The molecular weight excluding hydrogens is 504 g/mol. The summed E-state index contributed by atoms with van der Waals surface area (Å²) in [6.07, 6.45) is 1.94. The van der Waals surface area contributed by atoms with Gasteiger partial charge in [0.25, 0.3) is 5.56 Å². The normalized spacial score (nSPS) is 16.1. The quantitative estimate of drug-likeness (QED) is 0.197. The van der Waals surface area contributed by atoms with Crippen LogP contribution in [-0.2, 0) is 24.9 Å². The molecule has 1 aromatic carbocycles. The summed E-state index contributed by atoms with van der Waals surface area (Å²) in [5.74, 6) is 5.30. The van der Waals surface area contributed by atoms with Crippen molar-refractivity contribution in [2.24, 2.45) is 12.9 Å². The van der Waals surface area contributed by atoms with E-state index in [-0.39, 0.29) is 17.6 Å². The molecule has 3 heterocycles. The third kappa shape index (κ3) is 6.79. The highest BCUT2D eigenvalue weighted by Crippen LogP contribution is 2.27. The van der Waals surface area contributed by atoms with Crippen molar-refractivity contribution in [1.29, 1.82) is 0 Å². The van der Waals surface area contributed by atoms with Crippen molar-refractivity contribution < 1.29 is 14.6 Å². The first-order valence-electron chi connectivity index (χ1n) is 12.8. The van der Waals surface area contributed by atoms with Crippen LogP contribution in [-0.4, -0.2) is 72.0 Å². The van der Waals surface area contributed by atoms with E-state index in [1.807, 2.05) is 57.1 Å². The van der Waals surface area contributed by atoms with Gasteiger partial charge in [0.1, 0.15) is 11.1 Å². The number of rotatable bonds is 8. The number of aliphatic hydroxyl groups is 1. The maximum absolute atomic E-state index is 13.3. The number of fused-ring (bicyclic) bond motifs is 1. The van der Waals surface area contributed by atoms with Crippen molar-refractivity contribution in [3.63, 3.8) is 0 Å². The summed E-state index contributed by atoms with van der Waals surface area (Å²) in [7, 11) is 3.59. The van der Waals surface area contributed by atoms with Crippen LogP contribution in [0.1, 0.15) is 39.2 Å². The second-order valence-electron chi connectivity index (χ2n) is 10.9. The first kappa shape index (κ1) is 28.6. The van der Waals surface area contributed by atoms with Gasteiger partial charge in [-0.1, -0.05) is 24.3 Å². The minimum absolute atomic E-state index is 0.125. The summed E-state index contributed by atoms with van der Waals surface area (Å²) in [5, 5.41) is 22.1. The van der Waals surface area contributed by atoms with E-state index in [0.717, 1.165) is 11.1 Å². The van der Waals surface area contributed by atoms with E-state index in [0.29, 0.717) is 43.7 Å². The fraction of sp³-hybridized carbons (Fsp3) is 0.520. The van der Waals surface area contributed by atoms with Crippen molar-refractivity contribution in [3.8, 4) is 11.3 Å². The summed E-state index contributed by atoms with van der Waals surface area (Å²) in [6.45, 7) is 7.06. The maximum atomic E-state index is 13.3. The number of nitrogens with zero attached hydrogens (tertiary/aromatic N) is 6. The van der Waals surface area contributed by atoms with E-state index in [2.05, 4.69) is 26.5 Å². The van der Waals surface area contributed by atoms with Gasteiger partial charge in [-0.2, -0.15) is 21.3 Å². The van der Waals surface area contributed by atoms with Crippen molar-refractivity contribution in [2.45, 2.75) is 57.9 Å². The highest BCUT2D eigenvalue weighted by atomic mass is 16.6.